The smallest absolute Gasteiger partial charge is 0.307 e. The Bertz CT molecular complexity index is 1500. The molecular formula is C30H33FN2O5S. The molecule has 39 heavy (non-hydrogen) atoms. The van der Waals surface area contributed by atoms with Gasteiger partial charge in [-0.2, -0.15) is 0 Å². The first-order valence-electron chi connectivity index (χ1n) is 13.2. The molecule has 9 heteroatoms. The third-order valence-electron chi connectivity index (χ3n) is 7.65. The van der Waals surface area contributed by atoms with Crippen LogP contribution in [0, 0.1) is 25.6 Å². The van der Waals surface area contributed by atoms with Gasteiger partial charge in [0.25, 0.3) is 0 Å². The summed E-state index contributed by atoms with van der Waals surface area (Å²) in [4.78, 5) is 15.6. The highest BCUT2D eigenvalue weighted by Gasteiger charge is 2.45. The van der Waals surface area contributed by atoms with Crippen LogP contribution in [0.3, 0.4) is 0 Å². The van der Waals surface area contributed by atoms with E-state index in [-0.39, 0.29) is 29.4 Å². The number of fused-ring (bicyclic) bond motifs is 1. The molecule has 1 aromatic heterocycles. The summed E-state index contributed by atoms with van der Waals surface area (Å²) >= 11 is 0. The number of sulfone groups is 1. The number of aliphatic carboxylic acids is 1. The van der Waals surface area contributed by atoms with E-state index in [9.17, 15) is 13.2 Å². The molecule has 0 aliphatic heterocycles. The Balaban J connectivity index is 1.33. The number of nitrogens with zero attached hydrogens (tertiary/aromatic N) is 1. The van der Waals surface area contributed by atoms with Gasteiger partial charge in [-0.3, -0.25) is 9.78 Å². The highest BCUT2D eigenvalue weighted by molar-refractivity contribution is 7.90. The van der Waals surface area contributed by atoms with Crippen molar-refractivity contribution in [1.82, 2.24) is 4.98 Å². The van der Waals surface area contributed by atoms with Gasteiger partial charge in [0.05, 0.1) is 36.2 Å². The van der Waals surface area contributed by atoms with Crippen molar-refractivity contribution in [3.8, 4) is 16.9 Å². The number of aromatic nitrogens is 1. The lowest BCUT2D eigenvalue weighted by Gasteiger charge is -2.19. The van der Waals surface area contributed by atoms with Gasteiger partial charge in [-0.1, -0.05) is 6.07 Å². The average molecular weight is 553 g/mol. The van der Waals surface area contributed by atoms with E-state index in [2.05, 4.69) is 10.3 Å². The van der Waals surface area contributed by atoms with Crippen molar-refractivity contribution >= 4 is 21.5 Å². The van der Waals surface area contributed by atoms with E-state index in [0.717, 1.165) is 52.0 Å². The number of ether oxygens (including phenoxy) is 1. The molecule has 3 atom stereocenters. The highest BCUT2D eigenvalue weighted by atomic mass is 32.2. The van der Waals surface area contributed by atoms with Crippen molar-refractivity contribution in [2.45, 2.75) is 51.5 Å². The number of anilines is 1. The second-order valence-electron chi connectivity index (χ2n) is 10.7. The van der Waals surface area contributed by atoms with Gasteiger partial charge in [-0.15, -0.1) is 0 Å². The van der Waals surface area contributed by atoms with Gasteiger partial charge < -0.3 is 15.2 Å². The summed E-state index contributed by atoms with van der Waals surface area (Å²) in [5, 5.41) is 12.6. The van der Waals surface area contributed by atoms with E-state index in [1.807, 2.05) is 44.2 Å². The lowest BCUT2D eigenvalue weighted by molar-refractivity contribution is -0.138. The van der Waals surface area contributed by atoms with Crippen LogP contribution in [0.15, 0.2) is 42.6 Å². The molecule has 3 aromatic rings. The van der Waals surface area contributed by atoms with Crippen molar-refractivity contribution in [1.29, 1.82) is 0 Å². The summed E-state index contributed by atoms with van der Waals surface area (Å²) < 4.78 is 43.7. The van der Waals surface area contributed by atoms with Crippen molar-refractivity contribution in [2.75, 3.05) is 23.9 Å². The predicted octanol–water partition coefficient (Wildman–Crippen LogP) is 5.61. The quantitative estimate of drug-likeness (QED) is 0.315. The molecule has 206 valence electrons. The number of carbonyl (C=O) groups is 1. The van der Waals surface area contributed by atoms with Gasteiger partial charge in [0.15, 0.2) is 0 Å². The molecule has 0 amide bonds. The van der Waals surface area contributed by atoms with E-state index in [4.69, 9.17) is 9.84 Å². The maximum absolute atomic E-state index is 15.2. The highest BCUT2D eigenvalue weighted by Crippen LogP contribution is 2.47. The summed E-state index contributed by atoms with van der Waals surface area (Å²) in [7, 11) is -3.02. The van der Waals surface area contributed by atoms with Crippen LogP contribution in [0.2, 0.25) is 0 Å². The lowest BCUT2D eigenvalue weighted by Crippen LogP contribution is -2.10. The zero-order valence-electron chi connectivity index (χ0n) is 22.3. The minimum Gasteiger partial charge on any atom is -0.494 e. The Morgan fingerprint density at radius 1 is 1.18 bits per heavy atom. The van der Waals surface area contributed by atoms with Crippen LogP contribution in [0.4, 0.5) is 10.1 Å². The number of hydrogen-bond donors (Lipinski definition) is 2. The largest absolute Gasteiger partial charge is 0.494 e. The summed E-state index contributed by atoms with van der Waals surface area (Å²) in [6.45, 7) is 4.34. The first-order chi connectivity index (χ1) is 18.5. The Morgan fingerprint density at radius 2 is 1.92 bits per heavy atom. The SMILES string of the molecule is Cc1cc(OCCCS(C)(=O)=O)cc(C)c1-c1ccc(F)c2c1CCC2Nc1ccc([C@@H]2C[C@H]2C(=O)O)nc1. The molecule has 1 saturated carbocycles. The predicted molar refractivity (Wildman–Crippen MR) is 149 cm³/mol. The van der Waals surface area contributed by atoms with Gasteiger partial charge in [-0.25, -0.2) is 12.8 Å². The maximum Gasteiger partial charge on any atom is 0.307 e. The van der Waals surface area contributed by atoms with Crippen LogP contribution in [0.25, 0.3) is 11.1 Å². The Kier molecular flexibility index (Phi) is 7.37. The van der Waals surface area contributed by atoms with Crippen molar-refractivity contribution in [3.05, 3.63) is 76.4 Å². The topological polar surface area (TPSA) is 106 Å². The van der Waals surface area contributed by atoms with E-state index in [1.54, 1.807) is 6.20 Å². The van der Waals surface area contributed by atoms with Gasteiger partial charge >= 0.3 is 5.97 Å². The number of carboxylic acids is 1. The molecule has 5 rings (SSSR count). The van der Waals surface area contributed by atoms with E-state index in [0.29, 0.717) is 30.8 Å². The molecule has 1 fully saturated rings. The number of hydrogen-bond acceptors (Lipinski definition) is 6. The summed E-state index contributed by atoms with van der Waals surface area (Å²) in [5.41, 5.74) is 7.31. The lowest BCUT2D eigenvalue weighted by atomic mass is 9.90. The Hall–Kier alpha value is -3.46. The van der Waals surface area contributed by atoms with Crippen LogP contribution in [-0.4, -0.2) is 43.1 Å². The number of pyridine rings is 1. The van der Waals surface area contributed by atoms with Gasteiger partial charge in [0, 0.05) is 23.4 Å². The van der Waals surface area contributed by atoms with E-state index >= 15 is 4.39 Å². The van der Waals surface area contributed by atoms with Crippen LogP contribution in [0.1, 0.15) is 59.2 Å². The molecular weight excluding hydrogens is 519 g/mol. The number of benzene rings is 2. The van der Waals surface area contributed by atoms with Crippen LogP contribution < -0.4 is 10.1 Å². The molecule has 2 N–H and O–H groups in total. The molecule has 0 radical (unpaired) electrons. The number of rotatable bonds is 10. The fourth-order valence-corrected chi connectivity index (χ4v) is 6.39. The minimum absolute atomic E-state index is 0.0282. The van der Waals surface area contributed by atoms with Crippen LogP contribution >= 0.6 is 0 Å². The monoisotopic (exact) mass is 552 g/mol. The van der Waals surface area contributed by atoms with Crippen molar-refractivity contribution in [3.63, 3.8) is 0 Å². The molecule has 2 aliphatic rings. The molecule has 0 bridgehead atoms. The normalized spacial score (nSPS) is 19.9. The number of carboxylic acid groups (broad SMARTS) is 1. The molecule has 7 nitrogen and oxygen atoms in total. The molecule has 2 aromatic carbocycles. The Morgan fingerprint density at radius 3 is 2.54 bits per heavy atom. The summed E-state index contributed by atoms with van der Waals surface area (Å²) in [6, 6.07) is 10.8. The fraction of sp³-hybridized carbons (Fsp3) is 0.400. The summed E-state index contributed by atoms with van der Waals surface area (Å²) in [5.74, 6) is -0.618. The third-order valence-corrected chi connectivity index (χ3v) is 8.68. The van der Waals surface area contributed by atoms with Crippen LogP contribution in [0.5, 0.6) is 5.75 Å². The third kappa shape index (κ3) is 5.93. The molecule has 0 spiro atoms. The van der Waals surface area contributed by atoms with E-state index in [1.165, 1.54) is 12.3 Å². The van der Waals surface area contributed by atoms with Crippen molar-refractivity contribution in [2.24, 2.45) is 5.92 Å². The second kappa shape index (κ2) is 10.6. The second-order valence-corrected chi connectivity index (χ2v) is 13.0. The van der Waals surface area contributed by atoms with Crippen LogP contribution in [-0.2, 0) is 21.1 Å². The molecule has 2 aliphatic carbocycles. The zero-order valence-corrected chi connectivity index (χ0v) is 23.1. The molecule has 1 unspecified atom stereocenters. The Labute approximate surface area is 228 Å². The number of nitrogens with one attached hydrogen (secondary N) is 1. The van der Waals surface area contributed by atoms with Gasteiger partial charge in [0.2, 0.25) is 0 Å². The molecule has 0 saturated heterocycles. The van der Waals surface area contributed by atoms with Gasteiger partial charge in [0.1, 0.15) is 21.4 Å². The number of halogens is 1. The number of aryl methyl sites for hydroxylation is 2. The van der Waals surface area contributed by atoms with Crippen molar-refractivity contribution < 1.29 is 27.4 Å². The van der Waals surface area contributed by atoms with Gasteiger partial charge in [-0.05, 0) is 97.7 Å². The summed E-state index contributed by atoms with van der Waals surface area (Å²) in [6.07, 6.45) is 5.45. The fourth-order valence-electron chi connectivity index (χ4n) is 5.74. The first-order valence-corrected chi connectivity index (χ1v) is 15.3. The van der Waals surface area contributed by atoms with E-state index < -0.39 is 15.8 Å². The average Bonchev–Trinajstić information content (AvgIpc) is 3.57. The standard InChI is InChI=1S/C30H33FN2O5S/c1-17-13-20(38-11-4-12-39(3,36)37)14-18(2)28(17)21-6-8-25(31)29-22(21)7-10-27(29)33-19-5-9-26(32-16-19)23-15-24(23)30(34)35/h5-6,8-9,13-14,16,23-24,27,33H,4,7,10-12,15H2,1-3H3,(H,34,35)/t23-,24-,27?/m1/s1. The minimum atomic E-state index is -3.02. The molecule has 1 heterocycles. The zero-order chi connectivity index (χ0) is 27.9. The first kappa shape index (κ1) is 27.1. The maximum atomic E-state index is 15.2.